The average molecular weight is 228 g/mol. The summed E-state index contributed by atoms with van der Waals surface area (Å²) in [5.74, 6) is -1.23. The molecule has 0 radical (unpaired) electrons. The molecule has 92 valence electrons. The van der Waals surface area contributed by atoms with Crippen molar-refractivity contribution in [2.24, 2.45) is 11.7 Å². The van der Waals surface area contributed by atoms with Gasteiger partial charge in [-0.25, -0.2) is 0 Å². The molecule has 1 aliphatic heterocycles. The molecule has 1 aliphatic rings. The lowest BCUT2D eigenvalue weighted by Gasteiger charge is -2.31. The summed E-state index contributed by atoms with van der Waals surface area (Å²) in [5.41, 5.74) is 5.71. The molecule has 16 heavy (non-hydrogen) atoms. The summed E-state index contributed by atoms with van der Waals surface area (Å²) in [7, 11) is 0. The summed E-state index contributed by atoms with van der Waals surface area (Å²) in [5, 5.41) is 8.90. The number of piperidine rings is 1. The molecule has 5 heteroatoms. The second-order valence-corrected chi connectivity index (χ2v) is 4.39. The molecule has 1 fully saturated rings. The Hall–Kier alpha value is -1.10. The third-order valence-electron chi connectivity index (χ3n) is 3.08. The first-order chi connectivity index (χ1) is 7.54. The van der Waals surface area contributed by atoms with E-state index in [4.69, 9.17) is 10.8 Å². The van der Waals surface area contributed by atoms with Crippen molar-refractivity contribution in [1.82, 2.24) is 4.90 Å². The molecule has 1 amide bonds. The predicted octanol–water partition coefficient (Wildman–Crippen LogP) is 0.437. The Morgan fingerprint density at radius 3 is 2.81 bits per heavy atom. The van der Waals surface area contributed by atoms with Gasteiger partial charge in [0.15, 0.2) is 0 Å². The summed E-state index contributed by atoms with van der Waals surface area (Å²) >= 11 is 0. The van der Waals surface area contributed by atoms with Gasteiger partial charge in [0.2, 0.25) is 5.91 Å². The normalized spacial score (nSPS) is 22.9. The van der Waals surface area contributed by atoms with Gasteiger partial charge in [0.05, 0.1) is 5.92 Å². The van der Waals surface area contributed by atoms with Crippen LogP contribution in [0.4, 0.5) is 0 Å². The van der Waals surface area contributed by atoms with Gasteiger partial charge in [-0.3, -0.25) is 9.59 Å². The molecule has 5 nitrogen and oxygen atoms in total. The highest BCUT2D eigenvalue weighted by Gasteiger charge is 2.28. The van der Waals surface area contributed by atoms with Crippen LogP contribution in [-0.4, -0.2) is 41.0 Å². The number of nitrogens with zero attached hydrogens (tertiary/aromatic N) is 1. The van der Waals surface area contributed by atoms with Gasteiger partial charge >= 0.3 is 5.97 Å². The van der Waals surface area contributed by atoms with Crippen molar-refractivity contribution < 1.29 is 14.7 Å². The first-order valence-corrected chi connectivity index (χ1v) is 5.80. The van der Waals surface area contributed by atoms with Crippen LogP contribution in [0.1, 0.15) is 32.6 Å². The molecule has 0 saturated carbocycles. The van der Waals surface area contributed by atoms with E-state index in [0.29, 0.717) is 25.9 Å². The fourth-order valence-corrected chi connectivity index (χ4v) is 1.90. The number of rotatable bonds is 4. The Morgan fingerprint density at radius 2 is 2.25 bits per heavy atom. The summed E-state index contributed by atoms with van der Waals surface area (Å²) in [6.07, 6.45) is 2.52. The van der Waals surface area contributed by atoms with Gasteiger partial charge in [0.1, 0.15) is 0 Å². The SMILES string of the molecule is CCC(N)CC(=O)N1CCC[C@H](C(=O)O)C1. The Balaban J connectivity index is 2.47. The Bertz CT molecular complexity index is 268. The Kier molecular flexibility index (Phi) is 4.73. The zero-order valence-electron chi connectivity index (χ0n) is 9.69. The van der Waals surface area contributed by atoms with Crippen LogP contribution in [0.15, 0.2) is 0 Å². The van der Waals surface area contributed by atoms with Crippen molar-refractivity contribution in [1.29, 1.82) is 0 Å². The summed E-state index contributed by atoms with van der Waals surface area (Å²) < 4.78 is 0. The minimum Gasteiger partial charge on any atom is -0.481 e. The number of carbonyl (C=O) groups excluding carboxylic acids is 1. The fourth-order valence-electron chi connectivity index (χ4n) is 1.90. The summed E-state index contributed by atoms with van der Waals surface area (Å²) in [4.78, 5) is 24.3. The van der Waals surface area contributed by atoms with Gasteiger partial charge < -0.3 is 15.7 Å². The molecule has 1 saturated heterocycles. The van der Waals surface area contributed by atoms with E-state index >= 15 is 0 Å². The molecule has 0 aromatic rings. The molecule has 0 aromatic heterocycles. The lowest BCUT2D eigenvalue weighted by Crippen LogP contribution is -2.44. The molecule has 0 spiro atoms. The van der Waals surface area contributed by atoms with Crippen LogP contribution in [0.3, 0.4) is 0 Å². The van der Waals surface area contributed by atoms with E-state index in [1.807, 2.05) is 6.92 Å². The second-order valence-electron chi connectivity index (χ2n) is 4.39. The van der Waals surface area contributed by atoms with Gasteiger partial charge in [-0.15, -0.1) is 0 Å². The monoisotopic (exact) mass is 228 g/mol. The first kappa shape index (κ1) is 13.0. The molecule has 2 atom stereocenters. The molecule has 0 bridgehead atoms. The van der Waals surface area contributed by atoms with Crippen LogP contribution in [0, 0.1) is 5.92 Å². The number of likely N-dealkylation sites (tertiary alicyclic amines) is 1. The van der Waals surface area contributed by atoms with Crippen molar-refractivity contribution >= 4 is 11.9 Å². The number of hydrogen-bond acceptors (Lipinski definition) is 3. The number of amides is 1. The number of nitrogens with two attached hydrogens (primary N) is 1. The highest BCUT2D eigenvalue weighted by Crippen LogP contribution is 2.17. The summed E-state index contributed by atoms with van der Waals surface area (Å²) in [6.45, 7) is 2.94. The molecule has 1 unspecified atom stereocenters. The van der Waals surface area contributed by atoms with Crippen molar-refractivity contribution in [2.45, 2.75) is 38.6 Å². The van der Waals surface area contributed by atoms with Gasteiger partial charge in [-0.2, -0.15) is 0 Å². The number of hydrogen-bond donors (Lipinski definition) is 2. The smallest absolute Gasteiger partial charge is 0.308 e. The number of carboxylic acids is 1. The van der Waals surface area contributed by atoms with E-state index in [-0.39, 0.29) is 11.9 Å². The predicted molar refractivity (Wildman–Crippen MR) is 59.8 cm³/mol. The van der Waals surface area contributed by atoms with E-state index < -0.39 is 11.9 Å². The van der Waals surface area contributed by atoms with Crippen molar-refractivity contribution in [3.05, 3.63) is 0 Å². The standard InChI is InChI=1S/C11H20N2O3/c1-2-9(12)6-10(14)13-5-3-4-8(7-13)11(15)16/h8-9H,2-7,12H2,1H3,(H,15,16)/t8-,9?/m0/s1. The van der Waals surface area contributed by atoms with E-state index in [1.54, 1.807) is 4.90 Å². The number of carbonyl (C=O) groups is 2. The van der Waals surface area contributed by atoms with Crippen LogP contribution in [-0.2, 0) is 9.59 Å². The molecule has 1 heterocycles. The molecular formula is C11H20N2O3. The highest BCUT2D eigenvalue weighted by molar-refractivity contribution is 5.78. The third kappa shape index (κ3) is 3.48. The quantitative estimate of drug-likeness (QED) is 0.731. The minimum absolute atomic E-state index is 0.0136. The number of aliphatic carboxylic acids is 1. The van der Waals surface area contributed by atoms with E-state index in [9.17, 15) is 9.59 Å². The topological polar surface area (TPSA) is 83.6 Å². The van der Waals surface area contributed by atoms with Gasteiger partial charge in [-0.1, -0.05) is 6.92 Å². The maximum Gasteiger partial charge on any atom is 0.308 e. The highest BCUT2D eigenvalue weighted by atomic mass is 16.4. The Labute approximate surface area is 95.6 Å². The average Bonchev–Trinajstić information content (AvgIpc) is 2.28. The van der Waals surface area contributed by atoms with Crippen molar-refractivity contribution in [3.8, 4) is 0 Å². The fraction of sp³-hybridized carbons (Fsp3) is 0.818. The van der Waals surface area contributed by atoms with Crippen LogP contribution in [0.25, 0.3) is 0 Å². The maximum atomic E-state index is 11.8. The second kappa shape index (κ2) is 5.84. The Morgan fingerprint density at radius 1 is 1.56 bits per heavy atom. The maximum absolute atomic E-state index is 11.8. The lowest BCUT2D eigenvalue weighted by atomic mass is 9.97. The van der Waals surface area contributed by atoms with E-state index in [2.05, 4.69) is 0 Å². The third-order valence-corrected chi connectivity index (χ3v) is 3.08. The van der Waals surface area contributed by atoms with Crippen LogP contribution in [0.5, 0.6) is 0 Å². The molecular weight excluding hydrogens is 208 g/mol. The van der Waals surface area contributed by atoms with Gasteiger partial charge in [0.25, 0.3) is 0 Å². The summed E-state index contributed by atoms with van der Waals surface area (Å²) in [6, 6.07) is -0.113. The van der Waals surface area contributed by atoms with E-state index in [1.165, 1.54) is 0 Å². The lowest BCUT2D eigenvalue weighted by molar-refractivity contribution is -0.145. The zero-order chi connectivity index (χ0) is 12.1. The van der Waals surface area contributed by atoms with Crippen molar-refractivity contribution in [2.75, 3.05) is 13.1 Å². The van der Waals surface area contributed by atoms with Crippen LogP contribution < -0.4 is 5.73 Å². The van der Waals surface area contributed by atoms with Crippen LogP contribution >= 0.6 is 0 Å². The molecule has 0 aromatic carbocycles. The first-order valence-electron chi connectivity index (χ1n) is 5.80. The molecule has 3 N–H and O–H groups in total. The number of carboxylic acid groups (broad SMARTS) is 1. The molecule has 0 aliphatic carbocycles. The van der Waals surface area contributed by atoms with Gasteiger partial charge in [-0.05, 0) is 19.3 Å². The van der Waals surface area contributed by atoms with Gasteiger partial charge in [0, 0.05) is 25.6 Å². The molecule has 1 rings (SSSR count). The van der Waals surface area contributed by atoms with E-state index in [0.717, 1.165) is 12.8 Å². The minimum atomic E-state index is -0.808. The largest absolute Gasteiger partial charge is 0.481 e. The van der Waals surface area contributed by atoms with Crippen LogP contribution in [0.2, 0.25) is 0 Å². The van der Waals surface area contributed by atoms with Crippen molar-refractivity contribution in [3.63, 3.8) is 0 Å². The zero-order valence-corrected chi connectivity index (χ0v) is 9.69.